The first-order valence-corrected chi connectivity index (χ1v) is 11.5. The summed E-state index contributed by atoms with van der Waals surface area (Å²) < 4.78 is 17.9. The van der Waals surface area contributed by atoms with Gasteiger partial charge >= 0.3 is 0 Å². The molecule has 0 unspecified atom stereocenters. The van der Waals surface area contributed by atoms with Crippen LogP contribution in [0.15, 0.2) is 35.2 Å². The molecular formula is C23H24ClNO4S2. The number of aryl methyl sites for hydroxylation is 2. The number of hydrogen-bond donors (Lipinski definition) is 1. The minimum Gasteiger partial charge on any atom is -0.493 e. The van der Waals surface area contributed by atoms with Crippen LogP contribution in [0.3, 0.4) is 0 Å². The lowest BCUT2D eigenvalue weighted by Crippen LogP contribution is -2.17. The monoisotopic (exact) mass is 477 g/mol. The number of amides is 1. The van der Waals surface area contributed by atoms with Gasteiger partial charge in [-0.25, -0.2) is 0 Å². The van der Waals surface area contributed by atoms with Crippen LogP contribution in [0.5, 0.6) is 17.2 Å². The zero-order chi connectivity index (χ0) is 22.4. The molecule has 164 valence electrons. The van der Waals surface area contributed by atoms with Crippen LogP contribution in [0.2, 0.25) is 5.02 Å². The van der Waals surface area contributed by atoms with E-state index in [0.29, 0.717) is 52.0 Å². The largest absolute Gasteiger partial charge is 0.493 e. The van der Waals surface area contributed by atoms with E-state index in [1.165, 1.54) is 17.3 Å². The molecule has 1 saturated heterocycles. The fourth-order valence-electron chi connectivity index (χ4n) is 3.02. The molecule has 1 fully saturated rings. The molecule has 1 aliphatic heterocycles. The maximum absolute atomic E-state index is 11.9. The third-order valence-corrected chi connectivity index (χ3v) is 5.84. The van der Waals surface area contributed by atoms with Crippen LogP contribution >= 0.6 is 35.6 Å². The van der Waals surface area contributed by atoms with Crippen molar-refractivity contribution in [3.05, 3.63) is 56.9 Å². The molecule has 1 amide bonds. The molecule has 31 heavy (non-hydrogen) atoms. The summed E-state index contributed by atoms with van der Waals surface area (Å²) >= 11 is 12.7. The maximum atomic E-state index is 11.9. The minimum atomic E-state index is -0.215. The molecule has 2 aromatic carbocycles. The first-order chi connectivity index (χ1) is 14.9. The van der Waals surface area contributed by atoms with Gasteiger partial charge in [-0.2, -0.15) is 0 Å². The molecule has 1 heterocycles. The van der Waals surface area contributed by atoms with Crippen molar-refractivity contribution in [2.75, 3.05) is 19.8 Å². The van der Waals surface area contributed by atoms with Crippen molar-refractivity contribution in [3.8, 4) is 17.2 Å². The van der Waals surface area contributed by atoms with Crippen LogP contribution in [0.4, 0.5) is 0 Å². The number of halogens is 1. The molecule has 0 spiro atoms. The van der Waals surface area contributed by atoms with Crippen molar-refractivity contribution in [1.82, 2.24) is 5.32 Å². The van der Waals surface area contributed by atoms with Gasteiger partial charge in [0.2, 0.25) is 0 Å². The summed E-state index contributed by atoms with van der Waals surface area (Å²) in [5.41, 5.74) is 3.06. The predicted octanol–water partition coefficient (Wildman–Crippen LogP) is 5.69. The summed E-state index contributed by atoms with van der Waals surface area (Å²) in [5, 5.41) is 3.01. The zero-order valence-electron chi connectivity index (χ0n) is 17.6. The highest BCUT2D eigenvalue weighted by Crippen LogP contribution is 2.38. The van der Waals surface area contributed by atoms with Gasteiger partial charge in [-0.3, -0.25) is 4.79 Å². The first kappa shape index (κ1) is 23.4. The Hall–Kier alpha value is -2.22. The van der Waals surface area contributed by atoms with Gasteiger partial charge in [0, 0.05) is 6.42 Å². The van der Waals surface area contributed by atoms with Gasteiger partial charge in [-0.05, 0) is 56.2 Å². The molecule has 2 aromatic rings. The van der Waals surface area contributed by atoms with E-state index >= 15 is 0 Å². The second-order valence-corrected chi connectivity index (χ2v) is 9.06. The molecule has 0 saturated carbocycles. The Kier molecular flexibility index (Phi) is 8.23. The van der Waals surface area contributed by atoms with Crippen molar-refractivity contribution in [3.63, 3.8) is 0 Å². The Morgan fingerprint density at radius 3 is 2.55 bits per heavy atom. The Bertz CT molecular complexity index is 1020. The van der Waals surface area contributed by atoms with Crippen LogP contribution in [0, 0.1) is 13.8 Å². The van der Waals surface area contributed by atoms with Gasteiger partial charge in [0.05, 0.1) is 29.7 Å². The summed E-state index contributed by atoms with van der Waals surface area (Å²) in [6.45, 7) is 7.40. The number of benzene rings is 2. The SMILES string of the molecule is CCOc1cc(/C=C2\SC(=S)NC2=O)cc(Cl)c1OCCCOc1ccc(C)cc1C. The topological polar surface area (TPSA) is 56.8 Å². The van der Waals surface area contributed by atoms with E-state index in [-0.39, 0.29) is 5.91 Å². The van der Waals surface area contributed by atoms with E-state index in [0.717, 1.165) is 16.9 Å². The highest BCUT2D eigenvalue weighted by Gasteiger charge is 2.22. The van der Waals surface area contributed by atoms with Gasteiger partial charge in [0.15, 0.2) is 11.5 Å². The standard InChI is InChI=1S/C23H24ClNO4S2/c1-4-27-19-12-16(13-20-22(26)25-23(30)31-20)11-17(24)21(19)29-9-5-8-28-18-7-6-14(2)10-15(18)3/h6-7,10-13H,4-5,8-9H2,1-3H3,(H,25,26,30)/b20-13-. The van der Waals surface area contributed by atoms with Crippen LogP contribution < -0.4 is 19.5 Å². The lowest BCUT2D eigenvalue weighted by molar-refractivity contribution is -0.115. The second-order valence-electron chi connectivity index (χ2n) is 6.93. The van der Waals surface area contributed by atoms with E-state index in [1.807, 2.05) is 26.0 Å². The third kappa shape index (κ3) is 6.38. The van der Waals surface area contributed by atoms with E-state index in [9.17, 15) is 4.79 Å². The molecule has 0 radical (unpaired) electrons. The van der Waals surface area contributed by atoms with E-state index in [1.54, 1.807) is 18.2 Å². The molecule has 1 aliphatic rings. The smallest absolute Gasteiger partial charge is 0.263 e. The molecule has 0 aliphatic carbocycles. The first-order valence-electron chi connectivity index (χ1n) is 9.91. The highest BCUT2D eigenvalue weighted by atomic mass is 35.5. The van der Waals surface area contributed by atoms with E-state index in [4.69, 9.17) is 38.0 Å². The van der Waals surface area contributed by atoms with Gasteiger partial charge in [-0.15, -0.1) is 0 Å². The molecule has 0 bridgehead atoms. The summed E-state index contributed by atoms with van der Waals surface area (Å²) in [4.78, 5) is 12.4. The average molecular weight is 478 g/mol. The molecule has 1 N–H and O–H groups in total. The van der Waals surface area contributed by atoms with Gasteiger partial charge in [0.1, 0.15) is 10.1 Å². The number of rotatable bonds is 9. The van der Waals surface area contributed by atoms with Crippen molar-refractivity contribution in [2.45, 2.75) is 27.2 Å². The highest BCUT2D eigenvalue weighted by molar-refractivity contribution is 8.26. The van der Waals surface area contributed by atoms with Crippen molar-refractivity contribution in [1.29, 1.82) is 0 Å². The summed E-state index contributed by atoms with van der Waals surface area (Å²) in [7, 11) is 0. The molecule has 3 rings (SSSR count). The molecule has 5 nitrogen and oxygen atoms in total. The number of thioether (sulfide) groups is 1. The number of nitrogens with one attached hydrogen (secondary N) is 1. The third-order valence-electron chi connectivity index (χ3n) is 4.39. The number of carbonyl (C=O) groups excluding carboxylic acids is 1. The van der Waals surface area contributed by atoms with E-state index < -0.39 is 0 Å². The van der Waals surface area contributed by atoms with Crippen LogP contribution in [0.25, 0.3) is 6.08 Å². The van der Waals surface area contributed by atoms with Crippen LogP contribution in [-0.4, -0.2) is 30.0 Å². The summed E-state index contributed by atoms with van der Waals surface area (Å²) in [6.07, 6.45) is 2.42. The van der Waals surface area contributed by atoms with Crippen molar-refractivity contribution < 1.29 is 19.0 Å². The van der Waals surface area contributed by atoms with Crippen molar-refractivity contribution >= 4 is 51.9 Å². The average Bonchev–Trinajstić information content (AvgIpc) is 3.01. The van der Waals surface area contributed by atoms with Gasteiger partial charge in [0.25, 0.3) is 5.91 Å². The fourth-order valence-corrected chi connectivity index (χ4v) is 4.34. The van der Waals surface area contributed by atoms with Crippen LogP contribution in [-0.2, 0) is 4.79 Å². The lowest BCUT2D eigenvalue weighted by atomic mass is 10.1. The molecular weight excluding hydrogens is 454 g/mol. The normalized spacial score (nSPS) is 14.6. The van der Waals surface area contributed by atoms with Crippen LogP contribution in [0.1, 0.15) is 30.0 Å². The Labute approximate surface area is 197 Å². The number of thiocarbonyl (C=S) groups is 1. The number of carbonyl (C=O) groups is 1. The lowest BCUT2D eigenvalue weighted by Gasteiger charge is -2.15. The van der Waals surface area contributed by atoms with Crippen molar-refractivity contribution in [2.24, 2.45) is 0 Å². The molecule has 0 aromatic heterocycles. The number of hydrogen-bond acceptors (Lipinski definition) is 6. The number of ether oxygens (including phenoxy) is 3. The van der Waals surface area contributed by atoms with Gasteiger partial charge < -0.3 is 19.5 Å². The summed E-state index contributed by atoms with van der Waals surface area (Å²) in [5.74, 6) is 1.68. The quantitative estimate of drug-likeness (QED) is 0.284. The predicted molar refractivity (Wildman–Crippen MR) is 130 cm³/mol. The molecule has 0 atom stereocenters. The fraction of sp³-hybridized carbons (Fsp3) is 0.304. The zero-order valence-corrected chi connectivity index (χ0v) is 20.0. The van der Waals surface area contributed by atoms with Gasteiger partial charge in [-0.1, -0.05) is 53.3 Å². The Morgan fingerprint density at radius 2 is 1.87 bits per heavy atom. The minimum absolute atomic E-state index is 0.215. The Morgan fingerprint density at radius 1 is 1.10 bits per heavy atom. The Balaban J connectivity index is 1.63. The molecule has 8 heteroatoms. The maximum Gasteiger partial charge on any atom is 0.263 e. The summed E-state index contributed by atoms with van der Waals surface area (Å²) in [6, 6.07) is 9.66. The second kappa shape index (κ2) is 10.9. The van der Waals surface area contributed by atoms with E-state index in [2.05, 4.69) is 18.3 Å².